The van der Waals surface area contributed by atoms with E-state index in [1.165, 1.54) is 5.06 Å². The lowest BCUT2D eigenvalue weighted by molar-refractivity contribution is -0.165. The van der Waals surface area contributed by atoms with Crippen molar-refractivity contribution in [3.8, 4) is 0 Å². The van der Waals surface area contributed by atoms with Crippen molar-refractivity contribution in [2.24, 2.45) is 5.41 Å². The second-order valence-electron chi connectivity index (χ2n) is 4.96. The zero-order valence-corrected chi connectivity index (χ0v) is 11.7. The number of anilines is 1. The van der Waals surface area contributed by atoms with Crippen molar-refractivity contribution in [3.63, 3.8) is 0 Å². The summed E-state index contributed by atoms with van der Waals surface area (Å²) in [5, 5.41) is 2.20. The van der Waals surface area contributed by atoms with Crippen LogP contribution in [0.3, 0.4) is 0 Å². The molecule has 1 aliphatic rings. The highest BCUT2D eigenvalue weighted by molar-refractivity contribution is 6.35. The number of halogens is 2. The quantitative estimate of drug-likeness (QED) is 0.852. The van der Waals surface area contributed by atoms with Gasteiger partial charge in [-0.1, -0.05) is 23.2 Å². The van der Waals surface area contributed by atoms with Crippen molar-refractivity contribution in [2.75, 3.05) is 12.3 Å². The minimum atomic E-state index is -0.496. The van der Waals surface area contributed by atoms with Gasteiger partial charge in [0.05, 0.1) is 29.3 Å². The van der Waals surface area contributed by atoms with Crippen LogP contribution in [0.25, 0.3) is 0 Å². The van der Waals surface area contributed by atoms with Gasteiger partial charge in [0.25, 0.3) is 5.91 Å². The molecule has 1 amide bonds. The second kappa shape index (κ2) is 4.61. The lowest BCUT2D eigenvalue weighted by Gasteiger charge is -2.17. The molecule has 1 saturated heterocycles. The first-order chi connectivity index (χ1) is 8.31. The van der Waals surface area contributed by atoms with Crippen LogP contribution in [-0.2, 0) is 16.2 Å². The van der Waals surface area contributed by atoms with Crippen molar-refractivity contribution in [1.29, 1.82) is 0 Å². The summed E-state index contributed by atoms with van der Waals surface area (Å²) < 4.78 is 0. The Balaban J connectivity index is 2.21. The van der Waals surface area contributed by atoms with Gasteiger partial charge in [0, 0.05) is 5.02 Å². The van der Waals surface area contributed by atoms with Gasteiger partial charge in [0.1, 0.15) is 0 Å². The molecule has 1 aromatic carbocycles. The standard InChI is InChI=1S/C12H14Cl2N2O2/c1-12(2)6-18-16(11(12)17)5-7-3-9(14)10(15)4-8(7)13/h3-4H,5-6,15H2,1-2H3. The zero-order chi connectivity index (χ0) is 13.5. The van der Waals surface area contributed by atoms with Crippen LogP contribution < -0.4 is 5.73 Å². The van der Waals surface area contributed by atoms with E-state index in [4.69, 9.17) is 33.8 Å². The molecule has 2 rings (SSSR count). The molecule has 2 N–H and O–H groups in total. The summed E-state index contributed by atoms with van der Waals surface area (Å²) in [6.07, 6.45) is 0. The third kappa shape index (κ3) is 2.41. The highest BCUT2D eigenvalue weighted by Gasteiger charge is 2.40. The first kappa shape index (κ1) is 13.5. The SMILES string of the molecule is CC1(C)CON(Cc2cc(Cl)c(N)cc2Cl)C1=O. The number of hydrogen-bond donors (Lipinski definition) is 1. The topological polar surface area (TPSA) is 55.6 Å². The van der Waals surface area contributed by atoms with E-state index in [0.717, 1.165) is 0 Å². The number of amides is 1. The van der Waals surface area contributed by atoms with Crippen LogP contribution in [0.5, 0.6) is 0 Å². The Morgan fingerprint density at radius 3 is 2.61 bits per heavy atom. The Hall–Kier alpha value is -0.970. The molecular formula is C12H14Cl2N2O2. The van der Waals surface area contributed by atoms with Gasteiger partial charge in [0.15, 0.2) is 0 Å². The van der Waals surface area contributed by atoms with Crippen molar-refractivity contribution in [2.45, 2.75) is 20.4 Å². The first-order valence-corrected chi connectivity index (χ1v) is 6.25. The number of rotatable bonds is 2. The molecule has 6 heteroatoms. The monoisotopic (exact) mass is 288 g/mol. The molecule has 0 atom stereocenters. The fraction of sp³-hybridized carbons (Fsp3) is 0.417. The normalized spacial score (nSPS) is 18.4. The molecule has 0 saturated carbocycles. The van der Waals surface area contributed by atoms with Crippen LogP contribution in [0, 0.1) is 5.41 Å². The molecule has 0 aromatic heterocycles. The average molecular weight is 289 g/mol. The van der Waals surface area contributed by atoms with Crippen molar-refractivity contribution in [1.82, 2.24) is 5.06 Å². The maximum atomic E-state index is 12.0. The first-order valence-electron chi connectivity index (χ1n) is 5.49. The Kier molecular flexibility index (Phi) is 3.45. The molecule has 4 nitrogen and oxygen atoms in total. The number of nitrogens with zero attached hydrogens (tertiary/aromatic N) is 1. The minimum Gasteiger partial charge on any atom is -0.397 e. The number of nitrogens with two attached hydrogens (primary N) is 1. The minimum absolute atomic E-state index is 0.0634. The average Bonchev–Trinajstić information content (AvgIpc) is 2.53. The fourth-order valence-electron chi connectivity index (χ4n) is 1.69. The molecule has 1 heterocycles. The number of nitrogen functional groups attached to an aromatic ring is 1. The molecule has 0 aliphatic carbocycles. The molecule has 0 bridgehead atoms. The molecule has 18 heavy (non-hydrogen) atoms. The van der Waals surface area contributed by atoms with Gasteiger partial charge < -0.3 is 5.73 Å². The van der Waals surface area contributed by atoms with E-state index >= 15 is 0 Å². The Morgan fingerprint density at radius 1 is 1.39 bits per heavy atom. The van der Waals surface area contributed by atoms with Gasteiger partial charge in [0.2, 0.25) is 0 Å². The summed E-state index contributed by atoms with van der Waals surface area (Å²) in [6.45, 7) is 4.31. The molecule has 1 aliphatic heterocycles. The third-order valence-electron chi connectivity index (χ3n) is 2.87. The van der Waals surface area contributed by atoms with Crippen molar-refractivity contribution >= 4 is 34.8 Å². The molecule has 1 fully saturated rings. The largest absolute Gasteiger partial charge is 0.397 e. The van der Waals surface area contributed by atoms with E-state index in [1.54, 1.807) is 12.1 Å². The van der Waals surface area contributed by atoms with Gasteiger partial charge >= 0.3 is 0 Å². The zero-order valence-electron chi connectivity index (χ0n) is 10.2. The predicted octanol–water partition coefficient (Wildman–Crippen LogP) is 2.88. The van der Waals surface area contributed by atoms with Crippen molar-refractivity contribution < 1.29 is 9.63 Å². The molecule has 1 aromatic rings. The number of carbonyl (C=O) groups excluding carboxylic acids is 1. The van der Waals surface area contributed by atoms with Gasteiger partial charge in [-0.3, -0.25) is 9.63 Å². The third-order valence-corrected chi connectivity index (χ3v) is 3.55. The van der Waals surface area contributed by atoms with Gasteiger partial charge in [-0.25, -0.2) is 5.06 Å². The maximum Gasteiger partial charge on any atom is 0.254 e. The van der Waals surface area contributed by atoms with Crippen LogP contribution in [-0.4, -0.2) is 17.6 Å². The predicted molar refractivity (Wildman–Crippen MR) is 71.2 cm³/mol. The summed E-state index contributed by atoms with van der Waals surface area (Å²) >= 11 is 12.0. The lowest BCUT2D eigenvalue weighted by Crippen LogP contribution is -2.30. The van der Waals surface area contributed by atoms with E-state index < -0.39 is 5.41 Å². The van der Waals surface area contributed by atoms with Crippen LogP contribution >= 0.6 is 23.2 Å². The Bertz CT molecular complexity index is 503. The van der Waals surface area contributed by atoms with Crippen molar-refractivity contribution in [3.05, 3.63) is 27.7 Å². The smallest absolute Gasteiger partial charge is 0.254 e. The number of benzene rings is 1. The summed E-state index contributed by atoms with van der Waals surface area (Å²) in [4.78, 5) is 17.4. The summed E-state index contributed by atoms with van der Waals surface area (Å²) in [5.41, 5.74) is 6.27. The van der Waals surface area contributed by atoms with Gasteiger partial charge in [-0.05, 0) is 31.5 Å². The molecule has 0 spiro atoms. The summed E-state index contributed by atoms with van der Waals surface area (Å²) in [7, 11) is 0. The maximum absolute atomic E-state index is 12.0. The lowest BCUT2D eigenvalue weighted by atomic mass is 9.95. The van der Waals surface area contributed by atoms with Gasteiger partial charge in [-0.15, -0.1) is 0 Å². The fourth-order valence-corrected chi connectivity index (χ4v) is 2.11. The highest BCUT2D eigenvalue weighted by atomic mass is 35.5. The molecule has 0 unspecified atom stereocenters. The number of hydrogen-bond acceptors (Lipinski definition) is 3. The molecular weight excluding hydrogens is 275 g/mol. The summed E-state index contributed by atoms with van der Waals surface area (Å²) in [5.74, 6) is -0.0634. The highest BCUT2D eigenvalue weighted by Crippen LogP contribution is 2.32. The van der Waals surface area contributed by atoms with Crippen LogP contribution in [0.2, 0.25) is 10.0 Å². The van der Waals surface area contributed by atoms with E-state index in [-0.39, 0.29) is 12.5 Å². The Morgan fingerprint density at radius 2 is 2.06 bits per heavy atom. The van der Waals surface area contributed by atoms with Crippen LogP contribution in [0.4, 0.5) is 5.69 Å². The van der Waals surface area contributed by atoms with Gasteiger partial charge in [-0.2, -0.15) is 0 Å². The number of carbonyl (C=O) groups is 1. The number of hydroxylamine groups is 2. The van der Waals surface area contributed by atoms with E-state index in [9.17, 15) is 4.79 Å². The van der Waals surface area contributed by atoms with E-state index in [1.807, 2.05) is 13.8 Å². The second-order valence-corrected chi connectivity index (χ2v) is 5.78. The molecule has 98 valence electrons. The van der Waals surface area contributed by atoms with Crippen LogP contribution in [0.15, 0.2) is 12.1 Å². The van der Waals surface area contributed by atoms with Crippen LogP contribution in [0.1, 0.15) is 19.4 Å². The summed E-state index contributed by atoms with van der Waals surface area (Å²) in [6, 6.07) is 3.23. The Labute approximate surface area is 116 Å². The molecule has 0 radical (unpaired) electrons. The van der Waals surface area contributed by atoms with E-state index in [0.29, 0.717) is 27.9 Å². The van der Waals surface area contributed by atoms with E-state index in [2.05, 4.69) is 0 Å².